The van der Waals surface area contributed by atoms with E-state index in [0.717, 1.165) is 0 Å². The number of nitrogens with zero attached hydrogens (tertiary/aromatic N) is 2. The molecule has 3 rings (SSSR count). The van der Waals surface area contributed by atoms with Gasteiger partial charge >= 0.3 is 6.03 Å². The van der Waals surface area contributed by atoms with Gasteiger partial charge in [0.1, 0.15) is 11.8 Å². The van der Waals surface area contributed by atoms with Gasteiger partial charge < -0.3 is 15.0 Å². The van der Waals surface area contributed by atoms with Crippen molar-refractivity contribution in [1.29, 1.82) is 0 Å². The van der Waals surface area contributed by atoms with Gasteiger partial charge in [-0.1, -0.05) is 24.3 Å². The molecule has 34 heavy (non-hydrogen) atoms. The maximum Gasteiger partial charge on any atom is 0.329 e. The highest BCUT2D eigenvalue weighted by Gasteiger charge is 2.28. The number of nitrogens with one attached hydrogen (secondary N) is 2. The van der Waals surface area contributed by atoms with Gasteiger partial charge in [-0.15, -0.1) is 0 Å². The molecular weight excluding hydrogens is 456 g/mol. The van der Waals surface area contributed by atoms with Crippen LogP contribution in [0.5, 0.6) is 5.75 Å². The van der Waals surface area contributed by atoms with Gasteiger partial charge in [0.05, 0.1) is 12.0 Å². The summed E-state index contributed by atoms with van der Waals surface area (Å²) in [5, 5.41) is 2.50. The second kappa shape index (κ2) is 10.8. The van der Waals surface area contributed by atoms with E-state index in [4.69, 9.17) is 4.74 Å². The van der Waals surface area contributed by atoms with Crippen LogP contribution in [-0.4, -0.2) is 45.5 Å². The van der Waals surface area contributed by atoms with Gasteiger partial charge in [-0.25, -0.2) is 17.9 Å². The van der Waals surface area contributed by atoms with Crippen molar-refractivity contribution in [3.8, 4) is 5.75 Å². The minimum Gasteiger partial charge on any atom is -0.497 e. The van der Waals surface area contributed by atoms with Crippen LogP contribution in [0, 0.1) is 6.92 Å². The van der Waals surface area contributed by atoms with Crippen LogP contribution in [0.4, 0.5) is 10.5 Å². The number of hydrogen-bond donors (Lipinski definition) is 2. The first-order valence-electron chi connectivity index (χ1n) is 10.4. The highest BCUT2D eigenvalue weighted by Crippen LogP contribution is 2.19. The van der Waals surface area contributed by atoms with E-state index in [1.807, 2.05) is 4.72 Å². The van der Waals surface area contributed by atoms with E-state index in [-0.39, 0.29) is 11.3 Å². The molecule has 10 heteroatoms. The molecule has 1 unspecified atom stereocenters. The van der Waals surface area contributed by atoms with Crippen LogP contribution in [0.1, 0.15) is 11.3 Å². The quantitative estimate of drug-likeness (QED) is 0.510. The molecule has 0 spiro atoms. The lowest BCUT2D eigenvalue weighted by Gasteiger charge is -2.25. The van der Waals surface area contributed by atoms with Gasteiger partial charge in [0.15, 0.2) is 0 Å². The van der Waals surface area contributed by atoms with Crippen LogP contribution in [0.3, 0.4) is 0 Å². The largest absolute Gasteiger partial charge is 0.497 e. The van der Waals surface area contributed by atoms with Crippen molar-refractivity contribution in [2.75, 3.05) is 19.1 Å². The van der Waals surface area contributed by atoms with Gasteiger partial charge in [0, 0.05) is 31.0 Å². The van der Waals surface area contributed by atoms with Crippen molar-refractivity contribution in [1.82, 2.24) is 15.0 Å². The summed E-state index contributed by atoms with van der Waals surface area (Å²) in [7, 11) is -1.02. The fraction of sp³-hybridized carbons (Fsp3) is 0.208. The van der Waals surface area contributed by atoms with Crippen molar-refractivity contribution in [3.05, 3.63) is 84.2 Å². The predicted octanol–water partition coefficient (Wildman–Crippen LogP) is 2.66. The van der Waals surface area contributed by atoms with Crippen LogP contribution in [0.25, 0.3) is 0 Å². The Bertz CT molecular complexity index is 1250. The first-order valence-corrected chi connectivity index (χ1v) is 11.9. The average molecular weight is 483 g/mol. The second-order valence-electron chi connectivity index (χ2n) is 7.52. The third-order valence-corrected chi connectivity index (χ3v) is 6.63. The second-order valence-corrected chi connectivity index (χ2v) is 9.17. The average Bonchev–Trinajstić information content (AvgIpc) is 2.83. The zero-order chi connectivity index (χ0) is 24.7. The topological polar surface area (TPSA) is 118 Å². The highest BCUT2D eigenvalue weighted by atomic mass is 32.2. The minimum atomic E-state index is -4.13. The maximum atomic E-state index is 13.3. The number of urea groups is 1. The normalized spacial score (nSPS) is 11.9. The zero-order valence-electron chi connectivity index (χ0n) is 19.1. The monoisotopic (exact) mass is 482 g/mol. The third-order valence-electron chi connectivity index (χ3n) is 5.14. The van der Waals surface area contributed by atoms with Crippen molar-refractivity contribution < 1.29 is 22.7 Å². The summed E-state index contributed by atoms with van der Waals surface area (Å²) in [4.78, 5) is 31.6. The first-order chi connectivity index (χ1) is 16.2. The first kappa shape index (κ1) is 24.7. The number of methoxy groups -OCH3 is 1. The summed E-state index contributed by atoms with van der Waals surface area (Å²) >= 11 is 0. The van der Waals surface area contributed by atoms with Crippen LogP contribution in [0.15, 0.2) is 77.8 Å². The van der Waals surface area contributed by atoms with E-state index < -0.39 is 28.0 Å². The van der Waals surface area contributed by atoms with E-state index >= 15 is 0 Å². The van der Waals surface area contributed by atoms with Crippen molar-refractivity contribution in [3.63, 3.8) is 0 Å². The van der Waals surface area contributed by atoms with Crippen molar-refractivity contribution >= 4 is 27.6 Å². The molecule has 178 valence electrons. The molecule has 2 N–H and O–H groups in total. The van der Waals surface area contributed by atoms with Crippen molar-refractivity contribution in [2.24, 2.45) is 0 Å². The Morgan fingerprint density at radius 3 is 2.32 bits per heavy atom. The summed E-state index contributed by atoms with van der Waals surface area (Å²) in [5.74, 6) is 0.188. The van der Waals surface area contributed by atoms with Crippen LogP contribution in [0.2, 0.25) is 0 Å². The predicted molar refractivity (Wildman–Crippen MR) is 128 cm³/mol. The lowest BCUT2D eigenvalue weighted by Crippen LogP contribution is -2.52. The van der Waals surface area contributed by atoms with Gasteiger partial charge in [-0.3, -0.25) is 9.78 Å². The number of rotatable bonds is 8. The van der Waals surface area contributed by atoms with Gasteiger partial charge in [0.25, 0.3) is 10.0 Å². The number of aryl methyl sites for hydroxylation is 1. The Kier molecular flexibility index (Phi) is 7.85. The molecule has 0 fully saturated rings. The lowest BCUT2D eigenvalue weighted by atomic mass is 10.1. The molecule has 0 saturated carbocycles. The SMILES string of the molecule is COc1ccc(N(C)C(=O)C(Cc2ccccn2)NC(=O)NS(=O)(=O)c2ccccc2C)cc1. The molecule has 0 radical (unpaired) electrons. The summed E-state index contributed by atoms with van der Waals surface area (Å²) in [5.41, 5.74) is 1.63. The number of carbonyl (C=O) groups excluding carboxylic acids is 2. The van der Waals surface area contributed by atoms with Crippen LogP contribution < -0.4 is 19.7 Å². The third kappa shape index (κ3) is 6.10. The summed E-state index contributed by atoms with van der Waals surface area (Å²) < 4.78 is 32.5. The molecule has 9 nitrogen and oxygen atoms in total. The number of pyridine rings is 1. The fourth-order valence-electron chi connectivity index (χ4n) is 3.32. The number of aromatic nitrogens is 1. The van der Waals surface area contributed by atoms with E-state index in [2.05, 4.69) is 10.3 Å². The Hall–Kier alpha value is -3.92. The Labute approximate surface area is 198 Å². The molecule has 1 aromatic heterocycles. The van der Waals surface area contributed by atoms with Gasteiger partial charge in [-0.05, 0) is 55.0 Å². The number of sulfonamides is 1. The molecule has 0 aliphatic carbocycles. The number of benzene rings is 2. The van der Waals surface area contributed by atoms with E-state index in [0.29, 0.717) is 22.7 Å². The molecule has 2 aromatic carbocycles. The standard InChI is InChI=1S/C24H26N4O5S/c1-17-8-4-5-10-22(17)34(31,32)27-24(30)26-21(16-18-9-6-7-15-25-18)23(29)28(2)19-11-13-20(33-3)14-12-19/h4-15,21H,16H2,1-3H3,(H2,26,27,30). The molecule has 1 heterocycles. The number of carbonyl (C=O) groups is 2. The fourth-order valence-corrected chi connectivity index (χ4v) is 4.48. The number of ether oxygens (including phenoxy) is 1. The smallest absolute Gasteiger partial charge is 0.329 e. The van der Waals surface area contributed by atoms with Crippen molar-refractivity contribution in [2.45, 2.75) is 24.3 Å². The number of hydrogen-bond acceptors (Lipinski definition) is 6. The number of likely N-dealkylation sites (N-methyl/N-ethyl adjacent to an activating group) is 1. The van der Waals surface area contributed by atoms with Crippen LogP contribution in [-0.2, 0) is 21.2 Å². The molecule has 0 aliphatic rings. The minimum absolute atomic E-state index is 0.0203. The molecule has 1 atom stereocenters. The van der Waals surface area contributed by atoms with Gasteiger partial charge in [-0.2, -0.15) is 0 Å². The maximum absolute atomic E-state index is 13.3. The summed E-state index contributed by atoms with van der Waals surface area (Å²) in [6.07, 6.45) is 1.64. The molecule has 3 amide bonds. The highest BCUT2D eigenvalue weighted by molar-refractivity contribution is 7.90. The Balaban J connectivity index is 1.81. The number of amides is 3. The summed E-state index contributed by atoms with van der Waals surface area (Å²) in [6.45, 7) is 1.63. The molecular formula is C24H26N4O5S. The summed E-state index contributed by atoms with van der Waals surface area (Å²) in [6, 6.07) is 16.3. The van der Waals surface area contributed by atoms with Crippen LogP contribution >= 0.6 is 0 Å². The van der Waals surface area contributed by atoms with Gasteiger partial charge in [0.2, 0.25) is 5.91 Å². The molecule has 0 bridgehead atoms. The lowest BCUT2D eigenvalue weighted by molar-refractivity contribution is -0.120. The van der Waals surface area contributed by atoms with E-state index in [9.17, 15) is 18.0 Å². The molecule has 0 aliphatic heterocycles. The zero-order valence-corrected chi connectivity index (χ0v) is 19.9. The molecule has 3 aromatic rings. The molecule has 0 saturated heterocycles. The Morgan fingerprint density at radius 1 is 1.03 bits per heavy atom. The van der Waals surface area contributed by atoms with E-state index in [1.54, 1.807) is 87.9 Å². The number of anilines is 1. The Morgan fingerprint density at radius 2 is 1.71 bits per heavy atom. The van der Waals surface area contributed by atoms with E-state index in [1.165, 1.54) is 11.0 Å².